The number of hydrogen-bond donors (Lipinski definition) is 0. The van der Waals surface area contributed by atoms with Crippen molar-refractivity contribution in [2.45, 2.75) is 40.0 Å². The van der Waals surface area contributed by atoms with Crippen LogP contribution in [0.5, 0.6) is 5.75 Å². The lowest BCUT2D eigenvalue weighted by molar-refractivity contribution is -0.137. The van der Waals surface area contributed by atoms with Crippen LogP contribution in [-0.4, -0.2) is 55.1 Å². The van der Waals surface area contributed by atoms with Crippen molar-refractivity contribution in [1.29, 1.82) is 0 Å². The maximum absolute atomic E-state index is 13.2. The minimum absolute atomic E-state index is 0.175. The number of ether oxygens (including phenoxy) is 1. The molecule has 8 nitrogen and oxygen atoms in total. The number of rotatable bonds is 11. The number of pyridine rings is 2. The molecular formula is C30H37N5O3. The Kier molecular flexibility index (Phi) is 8.61. The summed E-state index contributed by atoms with van der Waals surface area (Å²) in [5, 5.41) is 0. The first-order chi connectivity index (χ1) is 18.3. The summed E-state index contributed by atoms with van der Waals surface area (Å²) >= 11 is 0. The van der Waals surface area contributed by atoms with Gasteiger partial charge in [0.1, 0.15) is 11.2 Å². The highest BCUT2D eigenvalue weighted by atomic mass is 16.5. The molecule has 0 atom stereocenters. The van der Waals surface area contributed by atoms with Crippen LogP contribution >= 0.6 is 0 Å². The first-order valence-corrected chi connectivity index (χ1v) is 13.2. The second kappa shape index (κ2) is 12.1. The number of aromatic nitrogens is 2. The van der Waals surface area contributed by atoms with E-state index in [9.17, 15) is 9.59 Å². The van der Waals surface area contributed by atoms with Gasteiger partial charge in [0.15, 0.2) is 0 Å². The summed E-state index contributed by atoms with van der Waals surface area (Å²) in [5.74, 6) is 0.282. The topological polar surface area (TPSA) is 78.9 Å². The first-order valence-electron chi connectivity index (χ1n) is 13.2. The molecule has 3 aromatic rings. The van der Waals surface area contributed by atoms with E-state index >= 15 is 0 Å². The van der Waals surface area contributed by atoms with Gasteiger partial charge in [-0.2, -0.15) is 0 Å². The zero-order valence-electron chi connectivity index (χ0n) is 22.8. The molecular weight excluding hydrogens is 478 g/mol. The third-order valence-corrected chi connectivity index (χ3v) is 6.93. The molecule has 0 radical (unpaired) electrons. The van der Waals surface area contributed by atoms with Gasteiger partial charge in [0.05, 0.1) is 18.0 Å². The van der Waals surface area contributed by atoms with Crippen LogP contribution in [0, 0.1) is 5.41 Å². The van der Waals surface area contributed by atoms with Gasteiger partial charge in [0.25, 0.3) is 0 Å². The van der Waals surface area contributed by atoms with Crippen molar-refractivity contribution in [1.82, 2.24) is 9.97 Å². The van der Waals surface area contributed by atoms with Crippen molar-refractivity contribution < 1.29 is 14.3 Å². The molecule has 8 heteroatoms. The van der Waals surface area contributed by atoms with E-state index in [2.05, 4.69) is 20.9 Å². The van der Waals surface area contributed by atoms with Crippen molar-refractivity contribution in [2.24, 2.45) is 5.41 Å². The lowest BCUT2D eigenvalue weighted by Gasteiger charge is -2.27. The molecule has 0 unspecified atom stereocenters. The molecule has 1 aliphatic rings. The monoisotopic (exact) mass is 515 g/mol. The molecule has 3 heterocycles. The summed E-state index contributed by atoms with van der Waals surface area (Å²) in [6.45, 7) is 8.18. The molecule has 0 spiro atoms. The number of carbonyl (C=O) groups is 2. The van der Waals surface area contributed by atoms with Crippen LogP contribution in [0.15, 0.2) is 67.3 Å². The fourth-order valence-electron chi connectivity index (χ4n) is 4.78. The average Bonchev–Trinajstić information content (AvgIpc) is 2.99. The second-order valence-electron chi connectivity index (χ2n) is 10.1. The molecule has 4 rings (SSSR count). The second-order valence-corrected chi connectivity index (χ2v) is 10.1. The molecule has 1 aliphatic heterocycles. The smallest absolute Gasteiger partial charge is 0.242 e. The normalized spacial score (nSPS) is 14.7. The standard InChI is InChI=1S/C30H37N5O3/c1-5-17-35-26-10-9-25(21-27(26)33(4)28(36)30(2,3)29(35)37)38-20-7-18-34(24-11-15-31-16-12-24)19-13-23-8-6-14-32-22-23/h6,8-12,14-16,21-22H,5,7,13,17-20H2,1-4H3. The summed E-state index contributed by atoms with van der Waals surface area (Å²) in [4.78, 5) is 40.4. The van der Waals surface area contributed by atoms with E-state index in [4.69, 9.17) is 4.74 Å². The van der Waals surface area contributed by atoms with E-state index in [1.807, 2.05) is 61.9 Å². The Bertz CT molecular complexity index is 1230. The lowest BCUT2D eigenvalue weighted by Crippen LogP contribution is -2.47. The van der Waals surface area contributed by atoms with Gasteiger partial charge >= 0.3 is 0 Å². The maximum Gasteiger partial charge on any atom is 0.242 e. The Balaban J connectivity index is 1.43. The van der Waals surface area contributed by atoms with Crippen LogP contribution in [0.25, 0.3) is 0 Å². The number of carbonyl (C=O) groups excluding carboxylic acids is 2. The molecule has 0 fully saturated rings. The predicted molar refractivity (Wildman–Crippen MR) is 151 cm³/mol. The number of benzene rings is 1. The summed E-state index contributed by atoms with van der Waals surface area (Å²) in [6, 6.07) is 13.7. The molecule has 0 aliphatic carbocycles. The van der Waals surface area contributed by atoms with E-state index in [0.29, 0.717) is 24.6 Å². The minimum Gasteiger partial charge on any atom is -0.493 e. The van der Waals surface area contributed by atoms with Gasteiger partial charge in [0, 0.05) is 63.2 Å². The van der Waals surface area contributed by atoms with Gasteiger partial charge in [0.2, 0.25) is 11.8 Å². The van der Waals surface area contributed by atoms with E-state index < -0.39 is 5.41 Å². The summed E-state index contributed by atoms with van der Waals surface area (Å²) in [7, 11) is 1.73. The van der Waals surface area contributed by atoms with E-state index in [0.717, 1.165) is 43.7 Å². The Morgan fingerprint density at radius 1 is 0.947 bits per heavy atom. The largest absolute Gasteiger partial charge is 0.493 e. The minimum atomic E-state index is -1.13. The fourth-order valence-corrected chi connectivity index (χ4v) is 4.78. The van der Waals surface area contributed by atoms with Crippen molar-refractivity contribution in [2.75, 3.05) is 48.0 Å². The van der Waals surface area contributed by atoms with Crippen LogP contribution in [0.1, 0.15) is 39.2 Å². The van der Waals surface area contributed by atoms with Crippen molar-refractivity contribution >= 4 is 28.9 Å². The zero-order chi connectivity index (χ0) is 27.1. The average molecular weight is 516 g/mol. The van der Waals surface area contributed by atoms with Gasteiger partial charge in [-0.25, -0.2) is 0 Å². The quantitative estimate of drug-likeness (QED) is 0.271. The fraction of sp³-hybridized carbons (Fsp3) is 0.400. The van der Waals surface area contributed by atoms with Crippen molar-refractivity contribution in [3.05, 3.63) is 72.8 Å². The predicted octanol–water partition coefficient (Wildman–Crippen LogP) is 4.74. The van der Waals surface area contributed by atoms with Crippen LogP contribution in [-0.2, 0) is 16.0 Å². The van der Waals surface area contributed by atoms with Crippen molar-refractivity contribution in [3.63, 3.8) is 0 Å². The van der Waals surface area contributed by atoms with Crippen LogP contribution in [0.4, 0.5) is 17.1 Å². The zero-order valence-corrected chi connectivity index (χ0v) is 22.8. The molecule has 0 saturated carbocycles. The molecule has 0 bridgehead atoms. The van der Waals surface area contributed by atoms with Crippen LogP contribution < -0.4 is 19.4 Å². The van der Waals surface area contributed by atoms with E-state index in [-0.39, 0.29) is 11.8 Å². The highest BCUT2D eigenvalue weighted by Gasteiger charge is 2.45. The molecule has 0 N–H and O–H groups in total. The number of fused-ring (bicyclic) bond motifs is 1. The van der Waals surface area contributed by atoms with Crippen molar-refractivity contribution in [3.8, 4) is 5.75 Å². The maximum atomic E-state index is 13.2. The van der Waals surface area contributed by atoms with Crippen LogP contribution in [0.2, 0.25) is 0 Å². The van der Waals surface area contributed by atoms with Gasteiger partial charge in [-0.05, 0) is 69.0 Å². The third kappa shape index (κ3) is 5.96. The van der Waals surface area contributed by atoms with Gasteiger partial charge in [-0.1, -0.05) is 13.0 Å². The lowest BCUT2D eigenvalue weighted by atomic mass is 9.90. The van der Waals surface area contributed by atoms with E-state index in [1.165, 1.54) is 5.56 Å². The van der Waals surface area contributed by atoms with Gasteiger partial charge in [-0.3, -0.25) is 19.6 Å². The molecule has 1 aromatic carbocycles. The molecule has 0 saturated heterocycles. The highest BCUT2D eigenvalue weighted by Crippen LogP contribution is 2.40. The summed E-state index contributed by atoms with van der Waals surface area (Å²) < 4.78 is 6.13. The SMILES string of the molecule is CCCN1C(=O)C(C)(C)C(=O)N(C)c2cc(OCCCN(CCc3cccnc3)c3ccncc3)ccc21. The molecule has 2 amide bonds. The highest BCUT2D eigenvalue weighted by molar-refractivity contribution is 6.20. The Morgan fingerprint density at radius 2 is 1.74 bits per heavy atom. The Hall–Kier alpha value is -3.94. The third-order valence-electron chi connectivity index (χ3n) is 6.93. The van der Waals surface area contributed by atoms with Gasteiger partial charge in [-0.15, -0.1) is 0 Å². The van der Waals surface area contributed by atoms with E-state index in [1.54, 1.807) is 36.9 Å². The first kappa shape index (κ1) is 27.1. The number of hydrogen-bond acceptors (Lipinski definition) is 6. The van der Waals surface area contributed by atoms with Gasteiger partial charge < -0.3 is 19.4 Å². The molecule has 200 valence electrons. The number of amides is 2. The van der Waals surface area contributed by atoms with Crippen LogP contribution in [0.3, 0.4) is 0 Å². The number of nitrogens with zero attached hydrogens (tertiary/aromatic N) is 5. The molecule has 38 heavy (non-hydrogen) atoms. The number of anilines is 3. The Labute approximate surface area is 225 Å². The Morgan fingerprint density at radius 3 is 2.45 bits per heavy atom. The summed E-state index contributed by atoms with van der Waals surface area (Å²) in [6.07, 6.45) is 9.82. The summed E-state index contributed by atoms with van der Waals surface area (Å²) in [5.41, 5.74) is 2.62. The molecule has 2 aromatic heterocycles.